The maximum atomic E-state index is 12.0. The van der Waals surface area contributed by atoms with E-state index in [4.69, 9.17) is 4.18 Å². The van der Waals surface area contributed by atoms with E-state index in [1.807, 2.05) is 12.1 Å². The van der Waals surface area contributed by atoms with Crippen LogP contribution >= 0.6 is 0 Å². The zero-order valence-corrected chi connectivity index (χ0v) is 11.6. The van der Waals surface area contributed by atoms with Crippen molar-refractivity contribution in [2.45, 2.75) is 24.7 Å². The number of benzene rings is 1. The number of hydrogen-bond donors (Lipinski definition) is 0. The van der Waals surface area contributed by atoms with Gasteiger partial charge in [0, 0.05) is 12.4 Å². The first-order chi connectivity index (χ1) is 8.99. The zero-order chi connectivity index (χ0) is 13.9. The highest BCUT2D eigenvalue weighted by Crippen LogP contribution is 2.21. The summed E-state index contributed by atoms with van der Waals surface area (Å²) in [5, 5.41) is 0. The number of aromatic nitrogens is 1. The van der Waals surface area contributed by atoms with Crippen molar-refractivity contribution in [3.63, 3.8) is 0 Å². The summed E-state index contributed by atoms with van der Waals surface area (Å²) in [4.78, 5) is 3.82. The fraction of sp³-hybridized carbons (Fsp3) is 0.214. The third kappa shape index (κ3) is 3.32. The van der Waals surface area contributed by atoms with Crippen molar-refractivity contribution in [1.29, 1.82) is 0 Å². The predicted molar refractivity (Wildman–Crippen MR) is 72.6 cm³/mol. The molecule has 0 atom stereocenters. The molecular formula is C14H15NO3S. The summed E-state index contributed by atoms with van der Waals surface area (Å²) in [5.41, 5.74) is 1.13. The number of nitrogens with zero attached hydrogens (tertiary/aromatic N) is 1. The van der Waals surface area contributed by atoms with Crippen molar-refractivity contribution in [3.8, 4) is 5.75 Å². The summed E-state index contributed by atoms with van der Waals surface area (Å²) < 4.78 is 29.0. The standard InChI is InChI=1S/C14H15NO3S/c1-11(2)12-5-7-13(8-6-12)18-19(16,17)14-4-3-9-15-10-14/h3-11H,1-2H3. The van der Waals surface area contributed by atoms with E-state index in [1.165, 1.54) is 18.5 Å². The molecule has 0 spiro atoms. The maximum absolute atomic E-state index is 12.0. The number of hydrogen-bond acceptors (Lipinski definition) is 4. The Labute approximate surface area is 113 Å². The second kappa shape index (κ2) is 5.40. The van der Waals surface area contributed by atoms with E-state index in [2.05, 4.69) is 18.8 Å². The Bertz CT molecular complexity index is 634. The Kier molecular flexibility index (Phi) is 3.85. The van der Waals surface area contributed by atoms with Crippen LogP contribution in [0.4, 0.5) is 0 Å². The minimum Gasteiger partial charge on any atom is -0.379 e. The van der Waals surface area contributed by atoms with Gasteiger partial charge in [0.2, 0.25) is 0 Å². The molecule has 0 N–H and O–H groups in total. The van der Waals surface area contributed by atoms with Crippen molar-refractivity contribution in [3.05, 3.63) is 54.4 Å². The Morgan fingerprint density at radius 3 is 2.32 bits per heavy atom. The van der Waals surface area contributed by atoms with Gasteiger partial charge in [0.05, 0.1) is 0 Å². The Balaban J connectivity index is 2.21. The lowest BCUT2D eigenvalue weighted by atomic mass is 10.0. The van der Waals surface area contributed by atoms with Gasteiger partial charge in [-0.3, -0.25) is 4.98 Å². The molecule has 4 nitrogen and oxygen atoms in total. The summed E-state index contributed by atoms with van der Waals surface area (Å²) in [5.74, 6) is 0.692. The average molecular weight is 277 g/mol. The molecule has 0 aliphatic rings. The second-order valence-corrected chi connectivity index (χ2v) is 6.00. The van der Waals surface area contributed by atoms with Gasteiger partial charge in [0.15, 0.2) is 0 Å². The van der Waals surface area contributed by atoms with E-state index < -0.39 is 10.1 Å². The van der Waals surface area contributed by atoms with Crippen LogP contribution in [0, 0.1) is 0 Å². The van der Waals surface area contributed by atoms with Gasteiger partial charge in [-0.15, -0.1) is 0 Å². The molecule has 0 aliphatic carbocycles. The van der Waals surface area contributed by atoms with Crippen LogP contribution in [0.5, 0.6) is 5.75 Å². The molecule has 100 valence electrons. The summed E-state index contributed by atoms with van der Waals surface area (Å²) >= 11 is 0. The van der Waals surface area contributed by atoms with Gasteiger partial charge in [-0.25, -0.2) is 0 Å². The number of rotatable bonds is 4. The topological polar surface area (TPSA) is 56.3 Å². The van der Waals surface area contributed by atoms with Crippen LogP contribution in [0.25, 0.3) is 0 Å². The Morgan fingerprint density at radius 1 is 1.11 bits per heavy atom. The molecular weight excluding hydrogens is 262 g/mol. The largest absolute Gasteiger partial charge is 0.379 e. The summed E-state index contributed by atoms with van der Waals surface area (Å²) in [6, 6.07) is 10.0. The molecule has 0 unspecified atom stereocenters. The smallest absolute Gasteiger partial charge is 0.340 e. The van der Waals surface area contributed by atoms with E-state index >= 15 is 0 Å². The molecule has 0 aliphatic heterocycles. The Hall–Kier alpha value is -1.88. The van der Waals surface area contributed by atoms with Crippen molar-refractivity contribution < 1.29 is 12.6 Å². The normalized spacial score (nSPS) is 11.5. The van der Waals surface area contributed by atoms with Gasteiger partial charge in [-0.2, -0.15) is 8.42 Å². The first-order valence-electron chi connectivity index (χ1n) is 5.93. The highest BCUT2D eigenvalue weighted by Gasteiger charge is 2.16. The summed E-state index contributed by atoms with van der Waals surface area (Å²) in [6.45, 7) is 4.14. The quantitative estimate of drug-likeness (QED) is 0.806. The fourth-order valence-electron chi connectivity index (χ4n) is 1.58. The van der Waals surface area contributed by atoms with E-state index in [0.29, 0.717) is 11.7 Å². The van der Waals surface area contributed by atoms with Crippen LogP contribution < -0.4 is 4.18 Å². The highest BCUT2D eigenvalue weighted by atomic mass is 32.2. The molecule has 19 heavy (non-hydrogen) atoms. The van der Waals surface area contributed by atoms with Crippen molar-refractivity contribution in [2.24, 2.45) is 0 Å². The van der Waals surface area contributed by atoms with Crippen molar-refractivity contribution >= 4 is 10.1 Å². The lowest BCUT2D eigenvalue weighted by molar-refractivity contribution is 0.485. The van der Waals surface area contributed by atoms with Gasteiger partial charge >= 0.3 is 10.1 Å². The third-order valence-electron chi connectivity index (χ3n) is 2.68. The zero-order valence-electron chi connectivity index (χ0n) is 10.8. The van der Waals surface area contributed by atoms with Gasteiger partial charge in [0.1, 0.15) is 10.6 Å². The Morgan fingerprint density at radius 2 is 1.79 bits per heavy atom. The molecule has 0 fully saturated rings. The first kappa shape index (κ1) is 13.5. The lowest BCUT2D eigenvalue weighted by Crippen LogP contribution is -2.09. The average Bonchev–Trinajstić information content (AvgIpc) is 2.40. The summed E-state index contributed by atoms with van der Waals surface area (Å²) in [7, 11) is -3.81. The van der Waals surface area contributed by atoms with E-state index in [1.54, 1.807) is 18.2 Å². The molecule has 1 aromatic heterocycles. The summed E-state index contributed by atoms with van der Waals surface area (Å²) in [6.07, 6.45) is 2.77. The first-order valence-corrected chi connectivity index (χ1v) is 7.34. The maximum Gasteiger partial charge on any atom is 0.340 e. The van der Waals surface area contributed by atoms with Crippen LogP contribution in [-0.4, -0.2) is 13.4 Å². The monoisotopic (exact) mass is 277 g/mol. The minimum atomic E-state index is -3.81. The van der Waals surface area contributed by atoms with Crippen molar-refractivity contribution in [2.75, 3.05) is 0 Å². The van der Waals surface area contributed by atoms with E-state index in [0.717, 1.165) is 5.56 Å². The third-order valence-corrected chi connectivity index (χ3v) is 3.91. The minimum absolute atomic E-state index is 0.0444. The lowest BCUT2D eigenvalue weighted by Gasteiger charge is -2.08. The van der Waals surface area contributed by atoms with E-state index in [-0.39, 0.29) is 4.90 Å². The number of pyridine rings is 1. The molecule has 0 bridgehead atoms. The van der Waals surface area contributed by atoms with Gasteiger partial charge < -0.3 is 4.18 Å². The molecule has 0 radical (unpaired) electrons. The van der Waals surface area contributed by atoms with Crippen LogP contribution in [0.1, 0.15) is 25.3 Å². The van der Waals surface area contributed by atoms with Crippen LogP contribution in [0.15, 0.2) is 53.7 Å². The van der Waals surface area contributed by atoms with Crippen LogP contribution in [0.3, 0.4) is 0 Å². The van der Waals surface area contributed by atoms with Gasteiger partial charge in [-0.1, -0.05) is 26.0 Å². The molecule has 2 aromatic rings. The molecule has 0 saturated carbocycles. The van der Waals surface area contributed by atoms with Crippen LogP contribution in [-0.2, 0) is 10.1 Å². The van der Waals surface area contributed by atoms with Crippen LogP contribution in [0.2, 0.25) is 0 Å². The van der Waals surface area contributed by atoms with E-state index in [9.17, 15) is 8.42 Å². The molecule has 1 aromatic carbocycles. The van der Waals surface area contributed by atoms with Gasteiger partial charge in [-0.05, 0) is 35.7 Å². The predicted octanol–water partition coefficient (Wildman–Crippen LogP) is 2.97. The van der Waals surface area contributed by atoms with Gasteiger partial charge in [0.25, 0.3) is 0 Å². The SMILES string of the molecule is CC(C)c1ccc(OS(=O)(=O)c2cccnc2)cc1. The molecule has 0 saturated heterocycles. The highest BCUT2D eigenvalue weighted by molar-refractivity contribution is 7.87. The molecule has 2 rings (SSSR count). The van der Waals surface area contributed by atoms with Crippen molar-refractivity contribution in [1.82, 2.24) is 4.98 Å². The molecule has 1 heterocycles. The molecule has 5 heteroatoms. The fourth-order valence-corrected chi connectivity index (χ4v) is 2.47. The second-order valence-electron chi connectivity index (χ2n) is 4.45. The molecule has 0 amide bonds.